The number of aliphatic hydroxyl groups is 1. The van der Waals surface area contributed by atoms with Gasteiger partial charge in [-0.05, 0) is 50.3 Å². The third-order valence-electron chi connectivity index (χ3n) is 6.72. The Morgan fingerprint density at radius 3 is 2.21 bits per heavy atom. The van der Waals surface area contributed by atoms with Gasteiger partial charge in [0.2, 0.25) is 0 Å². The van der Waals surface area contributed by atoms with Crippen LogP contribution in [0.3, 0.4) is 0 Å². The number of fused-ring (bicyclic) bond motifs is 2. The minimum atomic E-state index is -0.973. The lowest BCUT2D eigenvalue weighted by molar-refractivity contribution is -0.0597. The molecule has 3 heterocycles. The first-order valence-corrected chi connectivity index (χ1v) is 9.71. The predicted molar refractivity (Wildman–Crippen MR) is 104 cm³/mol. The number of aromatic nitrogens is 2. The molecule has 0 aliphatic carbocycles. The molecule has 2 saturated heterocycles. The third kappa shape index (κ3) is 2.93. The van der Waals surface area contributed by atoms with Gasteiger partial charge >= 0.3 is 5.69 Å². The molecular weight excluding hydrogens is 361 g/mol. The van der Waals surface area contributed by atoms with Gasteiger partial charge in [0, 0.05) is 38.4 Å². The SMILES string of the molecule is Cc1c(CN2C3CCC2CC(O)(c2ccc(F)cc2)C3)c(=O)n(C)c(=O)n1C. The Balaban J connectivity index is 1.63. The topological polar surface area (TPSA) is 67.5 Å². The number of hydrogen-bond donors (Lipinski definition) is 1. The summed E-state index contributed by atoms with van der Waals surface area (Å²) in [6, 6.07) is 6.40. The zero-order valence-electron chi connectivity index (χ0n) is 16.5. The number of piperidine rings is 1. The Morgan fingerprint density at radius 1 is 1.07 bits per heavy atom. The second-order valence-electron chi connectivity index (χ2n) is 8.27. The van der Waals surface area contributed by atoms with Crippen molar-refractivity contribution in [2.24, 2.45) is 14.1 Å². The smallest absolute Gasteiger partial charge is 0.330 e. The Bertz CT molecular complexity index is 1010. The fourth-order valence-electron chi connectivity index (χ4n) is 4.95. The van der Waals surface area contributed by atoms with Crippen LogP contribution < -0.4 is 11.2 Å². The summed E-state index contributed by atoms with van der Waals surface area (Å²) in [6.45, 7) is 2.28. The van der Waals surface area contributed by atoms with Crippen molar-refractivity contribution in [2.75, 3.05) is 0 Å². The van der Waals surface area contributed by atoms with Gasteiger partial charge < -0.3 is 9.67 Å². The maximum Gasteiger partial charge on any atom is 0.330 e. The lowest BCUT2D eigenvalue weighted by Crippen LogP contribution is -2.50. The van der Waals surface area contributed by atoms with Crippen molar-refractivity contribution in [1.29, 1.82) is 0 Å². The van der Waals surface area contributed by atoms with Crippen LogP contribution >= 0.6 is 0 Å². The summed E-state index contributed by atoms with van der Waals surface area (Å²) in [4.78, 5) is 27.1. The molecule has 4 rings (SSSR count). The van der Waals surface area contributed by atoms with E-state index in [4.69, 9.17) is 0 Å². The minimum absolute atomic E-state index is 0.148. The van der Waals surface area contributed by atoms with E-state index >= 15 is 0 Å². The maximum absolute atomic E-state index is 13.3. The zero-order valence-corrected chi connectivity index (χ0v) is 16.5. The highest BCUT2D eigenvalue weighted by Gasteiger charge is 2.48. The zero-order chi connectivity index (χ0) is 20.2. The summed E-state index contributed by atoms with van der Waals surface area (Å²) >= 11 is 0. The quantitative estimate of drug-likeness (QED) is 0.868. The molecule has 0 spiro atoms. The van der Waals surface area contributed by atoms with Crippen LogP contribution in [0.1, 0.15) is 42.5 Å². The lowest BCUT2D eigenvalue weighted by atomic mass is 9.80. The molecule has 2 aromatic rings. The van der Waals surface area contributed by atoms with Crippen molar-refractivity contribution in [3.63, 3.8) is 0 Å². The minimum Gasteiger partial charge on any atom is -0.385 e. The molecule has 0 saturated carbocycles. The molecular formula is C21H26FN3O3. The first-order chi connectivity index (χ1) is 13.2. The van der Waals surface area contributed by atoms with Gasteiger partial charge in [0.25, 0.3) is 5.56 Å². The Morgan fingerprint density at radius 2 is 1.64 bits per heavy atom. The normalized spacial score (nSPS) is 27.3. The largest absolute Gasteiger partial charge is 0.385 e. The molecule has 2 atom stereocenters. The first kappa shape index (κ1) is 19.1. The number of rotatable bonds is 3. The summed E-state index contributed by atoms with van der Waals surface area (Å²) in [6.07, 6.45) is 3.03. The van der Waals surface area contributed by atoms with Crippen molar-refractivity contribution in [3.8, 4) is 0 Å². The van der Waals surface area contributed by atoms with Crippen molar-refractivity contribution in [1.82, 2.24) is 14.0 Å². The van der Waals surface area contributed by atoms with E-state index in [0.717, 1.165) is 23.0 Å². The Hall–Kier alpha value is -2.25. The Kier molecular flexibility index (Phi) is 4.55. The molecule has 0 radical (unpaired) electrons. The van der Waals surface area contributed by atoms with E-state index in [0.29, 0.717) is 30.6 Å². The molecule has 2 unspecified atom stereocenters. The van der Waals surface area contributed by atoms with Gasteiger partial charge in [-0.15, -0.1) is 0 Å². The summed E-state index contributed by atoms with van der Waals surface area (Å²) < 4.78 is 15.9. The van der Waals surface area contributed by atoms with Crippen LogP contribution in [0.15, 0.2) is 33.9 Å². The van der Waals surface area contributed by atoms with Crippen molar-refractivity contribution in [2.45, 2.75) is 56.8 Å². The van der Waals surface area contributed by atoms with Gasteiger partial charge in [-0.1, -0.05) is 12.1 Å². The van der Waals surface area contributed by atoms with E-state index in [1.54, 1.807) is 26.1 Å². The van der Waals surface area contributed by atoms with Crippen LogP contribution in [-0.4, -0.2) is 31.2 Å². The van der Waals surface area contributed by atoms with Gasteiger partial charge in [-0.2, -0.15) is 0 Å². The number of nitrogens with zero attached hydrogens (tertiary/aromatic N) is 3. The summed E-state index contributed by atoms with van der Waals surface area (Å²) in [5.74, 6) is -0.311. The van der Waals surface area contributed by atoms with Crippen LogP contribution in [0.4, 0.5) is 4.39 Å². The van der Waals surface area contributed by atoms with E-state index in [1.807, 2.05) is 0 Å². The molecule has 1 aromatic heterocycles. The molecule has 0 amide bonds. The molecule has 6 nitrogen and oxygen atoms in total. The van der Waals surface area contributed by atoms with Gasteiger partial charge in [-0.3, -0.25) is 14.3 Å². The van der Waals surface area contributed by atoms with Crippen LogP contribution in [0, 0.1) is 12.7 Å². The highest BCUT2D eigenvalue weighted by atomic mass is 19.1. The molecule has 1 aromatic carbocycles. The first-order valence-electron chi connectivity index (χ1n) is 9.71. The molecule has 7 heteroatoms. The molecule has 150 valence electrons. The van der Waals surface area contributed by atoms with E-state index in [9.17, 15) is 19.1 Å². The van der Waals surface area contributed by atoms with Gasteiger partial charge in [0.05, 0.1) is 11.2 Å². The molecule has 2 aliphatic rings. The monoisotopic (exact) mass is 387 g/mol. The second-order valence-corrected chi connectivity index (χ2v) is 8.27. The predicted octanol–water partition coefficient (Wildman–Crippen LogP) is 1.55. The number of halogens is 1. The maximum atomic E-state index is 13.3. The van der Waals surface area contributed by atoms with E-state index in [-0.39, 0.29) is 29.1 Å². The van der Waals surface area contributed by atoms with Gasteiger partial charge in [0.1, 0.15) is 5.82 Å². The average Bonchev–Trinajstić information content (AvgIpc) is 2.92. The van der Waals surface area contributed by atoms with Gasteiger partial charge in [-0.25, -0.2) is 9.18 Å². The van der Waals surface area contributed by atoms with E-state index in [1.165, 1.54) is 23.7 Å². The van der Waals surface area contributed by atoms with Crippen LogP contribution in [-0.2, 0) is 26.2 Å². The van der Waals surface area contributed by atoms with Crippen LogP contribution in [0.25, 0.3) is 0 Å². The Labute approximate surface area is 162 Å². The van der Waals surface area contributed by atoms with E-state index in [2.05, 4.69) is 4.90 Å². The third-order valence-corrected chi connectivity index (χ3v) is 6.72. The number of benzene rings is 1. The summed E-state index contributed by atoms with van der Waals surface area (Å²) in [5.41, 5.74) is 0.526. The molecule has 28 heavy (non-hydrogen) atoms. The standard InChI is InChI=1S/C21H26FN3O3/c1-13-18(19(26)24(3)20(27)23(13)2)12-25-16-8-9-17(25)11-21(28,10-16)14-4-6-15(22)7-5-14/h4-7,16-17,28H,8-12H2,1-3H3. The average molecular weight is 387 g/mol. The molecule has 1 N–H and O–H groups in total. The van der Waals surface area contributed by atoms with Crippen molar-refractivity contribution < 1.29 is 9.50 Å². The number of hydrogen-bond acceptors (Lipinski definition) is 4. The van der Waals surface area contributed by atoms with Crippen LogP contribution in [0.2, 0.25) is 0 Å². The van der Waals surface area contributed by atoms with E-state index < -0.39 is 5.60 Å². The second kappa shape index (κ2) is 6.67. The highest BCUT2D eigenvalue weighted by Crippen LogP contribution is 2.46. The summed E-state index contributed by atoms with van der Waals surface area (Å²) in [5, 5.41) is 11.3. The fraction of sp³-hybridized carbons (Fsp3) is 0.524. The molecule has 2 fully saturated rings. The van der Waals surface area contributed by atoms with Gasteiger partial charge in [0.15, 0.2) is 0 Å². The van der Waals surface area contributed by atoms with Crippen LogP contribution in [0.5, 0.6) is 0 Å². The molecule has 2 bridgehead atoms. The highest BCUT2D eigenvalue weighted by molar-refractivity contribution is 5.26. The lowest BCUT2D eigenvalue weighted by Gasteiger charge is -2.44. The molecule has 2 aliphatic heterocycles. The summed E-state index contributed by atoms with van der Waals surface area (Å²) in [7, 11) is 3.18. The fourth-order valence-corrected chi connectivity index (χ4v) is 4.95. The van der Waals surface area contributed by atoms with Crippen molar-refractivity contribution in [3.05, 3.63) is 67.7 Å². The van der Waals surface area contributed by atoms with Crippen molar-refractivity contribution >= 4 is 0 Å².